The summed E-state index contributed by atoms with van der Waals surface area (Å²) in [5.41, 5.74) is 5.85. The highest BCUT2D eigenvalue weighted by molar-refractivity contribution is 7.91. The van der Waals surface area contributed by atoms with Crippen molar-refractivity contribution in [2.24, 2.45) is 0 Å². The molecule has 20 heavy (non-hydrogen) atoms. The van der Waals surface area contributed by atoms with Gasteiger partial charge >= 0.3 is 0 Å². The number of Topliss-reactive ketones (excluding diaryl/α,β-unsaturated/α-hetero) is 1. The molecule has 6 nitrogen and oxygen atoms in total. The molecule has 8 heteroatoms. The Bertz CT molecular complexity index is 593. The Morgan fingerprint density at radius 1 is 1.50 bits per heavy atom. The van der Waals surface area contributed by atoms with Crippen molar-refractivity contribution >= 4 is 37.6 Å². The van der Waals surface area contributed by atoms with Crippen molar-refractivity contribution in [3.8, 4) is 0 Å². The molecule has 0 radical (unpaired) electrons. The van der Waals surface area contributed by atoms with Crippen LogP contribution >= 0.6 is 11.3 Å². The first-order chi connectivity index (χ1) is 9.22. The zero-order valence-corrected chi connectivity index (χ0v) is 13.7. The van der Waals surface area contributed by atoms with Gasteiger partial charge in [-0.2, -0.15) is 0 Å². The van der Waals surface area contributed by atoms with Crippen LogP contribution in [0.4, 0.5) is 10.7 Å². The maximum absolute atomic E-state index is 11.9. The number of carbonyl (C=O) groups is 1. The minimum absolute atomic E-state index is 0.00209. The van der Waals surface area contributed by atoms with Crippen molar-refractivity contribution < 1.29 is 17.9 Å². The summed E-state index contributed by atoms with van der Waals surface area (Å²) in [6.07, 6.45) is 1.84. The van der Waals surface area contributed by atoms with Crippen LogP contribution in [0.1, 0.15) is 29.9 Å². The molecule has 1 aromatic heterocycles. The highest BCUT2D eigenvalue weighted by atomic mass is 32.2. The van der Waals surface area contributed by atoms with E-state index in [-0.39, 0.29) is 27.3 Å². The van der Waals surface area contributed by atoms with E-state index in [0.29, 0.717) is 11.6 Å². The summed E-state index contributed by atoms with van der Waals surface area (Å²) in [6.45, 7) is 3.76. The lowest BCUT2D eigenvalue weighted by Crippen LogP contribution is -2.24. The van der Waals surface area contributed by atoms with Gasteiger partial charge in [0.2, 0.25) is 0 Å². The Kier molecular flexibility index (Phi) is 5.55. The van der Waals surface area contributed by atoms with Crippen LogP contribution in [0.15, 0.2) is 4.90 Å². The van der Waals surface area contributed by atoms with Gasteiger partial charge in [0.25, 0.3) is 0 Å². The van der Waals surface area contributed by atoms with Gasteiger partial charge in [-0.15, -0.1) is 11.3 Å². The number of ether oxygens (including phenoxy) is 1. The van der Waals surface area contributed by atoms with Gasteiger partial charge in [-0.25, -0.2) is 8.42 Å². The molecular formula is C12H20N2O4S2. The number of nitrogen functional groups attached to an aromatic ring is 1. The predicted molar refractivity (Wildman–Crippen MR) is 81.4 cm³/mol. The molecule has 0 saturated carbocycles. The molecule has 0 aliphatic carbocycles. The molecule has 1 aromatic rings. The summed E-state index contributed by atoms with van der Waals surface area (Å²) in [5, 5.41) is 3.50. The molecule has 114 valence electrons. The highest BCUT2D eigenvalue weighted by Crippen LogP contribution is 2.39. The molecule has 0 bridgehead atoms. The lowest BCUT2D eigenvalue weighted by molar-refractivity contribution is 0.102. The zero-order valence-electron chi connectivity index (χ0n) is 12.0. The third-order valence-electron chi connectivity index (χ3n) is 2.79. The van der Waals surface area contributed by atoms with Gasteiger partial charge in [0.1, 0.15) is 9.90 Å². The lowest BCUT2D eigenvalue weighted by Gasteiger charge is -2.16. The quantitative estimate of drug-likeness (QED) is 0.743. The van der Waals surface area contributed by atoms with E-state index >= 15 is 0 Å². The average Bonchev–Trinajstić information content (AvgIpc) is 2.65. The van der Waals surface area contributed by atoms with Gasteiger partial charge in [-0.05, 0) is 6.42 Å². The number of methoxy groups -OCH3 is 1. The lowest BCUT2D eigenvalue weighted by atomic mass is 10.2. The SMILES string of the molecule is CCC(COC)Nc1sc(C(C)=O)c(N)c1S(C)(=O)=O. The zero-order chi connectivity index (χ0) is 15.5. The van der Waals surface area contributed by atoms with E-state index in [1.165, 1.54) is 6.92 Å². The van der Waals surface area contributed by atoms with Gasteiger partial charge in [0, 0.05) is 26.3 Å². The smallest absolute Gasteiger partial charge is 0.180 e. The molecule has 1 atom stereocenters. The van der Waals surface area contributed by atoms with Crippen LogP contribution in [0.3, 0.4) is 0 Å². The number of hydrogen-bond acceptors (Lipinski definition) is 7. The standard InChI is InChI=1S/C12H20N2O4S2/c1-5-8(6-18-3)14-12-11(20(4,16)17)9(13)10(19-12)7(2)15/h8,14H,5-6,13H2,1-4H3. The fourth-order valence-corrected chi connectivity index (χ4v) is 4.33. The van der Waals surface area contributed by atoms with E-state index in [9.17, 15) is 13.2 Å². The second kappa shape index (κ2) is 6.55. The molecule has 0 aliphatic heterocycles. The molecule has 0 fully saturated rings. The molecule has 1 unspecified atom stereocenters. The number of nitrogens with two attached hydrogens (primary N) is 1. The number of anilines is 2. The van der Waals surface area contributed by atoms with Gasteiger partial charge in [-0.1, -0.05) is 6.92 Å². The van der Waals surface area contributed by atoms with Gasteiger partial charge < -0.3 is 15.8 Å². The van der Waals surface area contributed by atoms with E-state index in [4.69, 9.17) is 10.5 Å². The van der Waals surface area contributed by atoms with Gasteiger partial charge in [0.15, 0.2) is 15.6 Å². The van der Waals surface area contributed by atoms with Gasteiger partial charge in [-0.3, -0.25) is 4.79 Å². The first-order valence-corrected chi connectivity index (χ1v) is 8.81. The number of ketones is 1. The number of rotatable bonds is 7. The average molecular weight is 320 g/mol. The van der Waals surface area contributed by atoms with E-state index < -0.39 is 9.84 Å². The second-order valence-electron chi connectivity index (χ2n) is 4.54. The third kappa shape index (κ3) is 3.71. The summed E-state index contributed by atoms with van der Waals surface area (Å²) < 4.78 is 28.8. The Labute approximate surface area is 123 Å². The van der Waals surface area contributed by atoms with Gasteiger partial charge in [0.05, 0.1) is 17.2 Å². The summed E-state index contributed by atoms with van der Waals surface area (Å²) in [4.78, 5) is 11.8. The van der Waals surface area contributed by atoms with Crippen molar-refractivity contribution in [1.29, 1.82) is 0 Å². The van der Waals surface area contributed by atoms with E-state index in [1.807, 2.05) is 6.92 Å². The summed E-state index contributed by atoms with van der Waals surface area (Å²) in [6, 6.07) is -0.0432. The first-order valence-electron chi connectivity index (χ1n) is 6.11. The second-order valence-corrected chi connectivity index (χ2v) is 7.51. The van der Waals surface area contributed by atoms with E-state index in [2.05, 4.69) is 5.32 Å². The van der Waals surface area contributed by atoms with Crippen LogP contribution in [0.2, 0.25) is 0 Å². The van der Waals surface area contributed by atoms with Crippen molar-refractivity contribution in [3.63, 3.8) is 0 Å². The van der Waals surface area contributed by atoms with Crippen LogP contribution in [-0.4, -0.2) is 40.2 Å². The minimum atomic E-state index is -3.52. The van der Waals surface area contributed by atoms with Crippen molar-refractivity contribution in [1.82, 2.24) is 0 Å². The minimum Gasteiger partial charge on any atom is -0.396 e. The van der Waals surface area contributed by atoms with Crippen LogP contribution in [0.5, 0.6) is 0 Å². The molecule has 1 heterocycles. The number of carbonyl (C=O) groups excluding carboxylic acids is 1. The summed E-state index contributed by atoms with van der Waals surface area (Å²) in [5.74, 6) is -0.245. The fraction of sp³-hybridized carbons (Fsp3) is 0.583. The fourth-order valence-electron chi connectivity index (χ4n) is 1.80. The number of thiophene rings is 1. The number of sulfone groups is 1. The molecular weight excluding hydrogens is 300 g/mol. The van der Waals surface area contributed by atoms with Crippen molar-refractivity contribution in [2.45, 2.75) is 31.2 Å². The van der Waals surface area contributed by atoms with Crippen molar-refractivity contribution in [3.05, 3.63) is 4.88 Å². The largest absolute Gasteiger partial charge is 0.396 e. The van der Waals surface area contributed by atoms with Crippen LogP contribution in [0.25, 0.3) is 0 Å². The van der Waals surface area contributed by atoms with Crippen LogP contribution < -0.4 is 11.1 Å². The number of nitrogens with one attached hydrogen (secondary N) is 1. The third-order valence-corrected chi connectivity index (χ3v) is 5.32. The Balaban J connectivity index is 3.31. The summed E-state index contributed by atoms with van der Waals surface area (Å²) in [7, 11) is -1.94. The molecule has 0 aromatic carbocycles. The van der Waals surface area contributed by atoms with Crippen LogP contribution in [-0.2, 0) is 14.6 Å². The normalized spacial score (nSPS) is 13.2. The molecule has 1 rings (SSSR count). The van der Waals surface area contributed by atoms with E-state index in [0.717, 1.165) is 24.0 Å². The Hall–Kier alpha value is -1.12. The monoisotopic (exact) mass is 320 g/mol. The van der Waals surface area contributed by atoms with Crippen LogP contribution in [0, 0.1) is 0 Å². The van der Waals surface area contributed by atoms with Crippen molar-refractivity contribution in [2.75, 3.05) is 31.0 Å². The Morgan fingerprint density at radius 2 is 2.10 bits per heavy atom. The first kappa shape index (κ1) is 16.9. The molecule has 3 N–H and O–H groups in total. The molecule has 0 spiro atoms. The topological polar surface area (TPSA) is 98.5 Å². The maximum Gasteiger partial charge on any atom is 0.180 e. The predicted octanol–water partition coefficient (Wildman–Crippen LogP) is 1.77. The highest BCUT2D eigenvalue weighted by Gasteiger charge is 2.26. The molecule has 0 aliphatic rings. The summed E-state index contributed by atoms with van der Waals surface area (Å²) >= 11 is 1.07. The van der Waals surface area contributed by atoms with E-state index in [1.54, 1.807) is 7.11 Å². The molecule has 0 amide bonds. The Morgan fingerprint density at radius 3 is 2.50 bits per heavy atom. The number of hydrogen-bond donors (Lipinski definition) is 2. The maximum atomic E-state index is 11.9. The molecule has 0 saturated heterocycles.